The van der Waals surface area contributed by atoms with Crippen molar-refractivity contribution in [3.63, 3.8) is 0 Å². The summed E-state index contributed by atoms with van der Waals surface area (Å²) >= 11 is 0. The number of nitrogen functional groups attached to an aromatic ring is 1. The third kappa shape index (κ3) is 4.04. The van der Waals surface area contributed by atoms with E-state index in [0.717, 1.165) is 61.0 Å². The summed E-state index contributed by atoms with van der Waals surface area (Å²) in [5.74, 6) is 0.553. The van der Waals surface area contributed by atoms with Gasteiger partial charge in [-0.2, -0.15) is 0 Å². The van der Waals surface area contributed by atoms with Crippen molar-refractivity contribution in [2.24, 2.45) is 0 Å². The molecule has 172 valence electrons. The smallest absolute Gasteiger partial charge is 0.210 e. The molecule has 1 unspecified atom stereocenters. The van der Waals surface area contributed by atoms with Gasteiger partial charge in [0, 0.05) is 25.0 Å². The summed E-state index contributed by atoms with van der Waals surface area (Å²) < 4.78 is 5.88. The van der Waals surface area contributed by atoms with E-state index in [0.29, 0.717) is 12.4 Å². The summed E-state index contributed by atoms with van der Waals surface area (Å²) in [6.45, 7) is 9.42. The number of morpholine rings is 1. The van der Waals surface area contributed by atoms with Crippen LogP contribution >= 0.6 is 0 Å². The molecule has 6 heteroatoms. The molecule has 3 aromatic rings. The first-order valence-corrected chi connectivity index (χ1v) is 11.8. The van der Waals surface area contributed by atoms with E-state index in [1.54, 1.807) is 0 Å². The highest BCUT2D eigenvalue weighted by atomic mass is 16.5. The second kappa shape index (κ2) is 8.34. The maximum atomic E-state index is 11.7. The van der Waals surface area contributed by atoms with Crippen LogP contribution in [0.5, 0.6) is 0 Å². The normalized spacial score (nSPS) is 20.4. The van der Waals surface area contributed by atoms with E-state index in [2.05, 4.69) is 68.1 Å². The SMILES string of the molecule is Cc1cccc(C2CCCN2C=O)c1-c1ccc2nc(N)c(N3CCOC(C)(C)C3)cc2c1. The van der Waals surface area contributed by atoms with Gasteiger partial charge in [0.05, 0.1) is 29.5 Å². The van der Waals surface area contributed by atoms with Crippen LogP contribution in [-0.4, -0.2) is 48.1 Å². The van der Waals surface area contributed by atoms with Crippen LogP contribution in [0.4, 0.5) is 11.5 Å². The molecular formula is C27H32N4O2. The summed E-state index contributed by atoms with van der Waals surface area (Å²) in [6.07, 6.45) is 3.03. The van der Waals surface area contributed by atoms with Crippen LogP contribution in [-0.2, 0) is 9.53 Å². The van der Waals surface area contributed by atoms with Crippen LogP contribution in [0.3, 0.4) is 0 Å². The van der Waals surface area contributed by atoms with Gasteiger partial charge in [-0.05, 0) is 74.1 Å². The van der Waals surface area contributed by atoms with Crippen molar-refractivity contribution in [3.8, 4) is 11.1 Å². The number of carbonyl (C=O) groups is 1. The average Bonchev–Trinajstić information content (AvgIpc) is 3.26. The van der Waals surface area contributed by atoms with Crippen molar-refractivity contribution in [1.82, 2.24) is 9.88 Å². The summed E-state index contributed by atoms with van der Waals surface area (Å²) in [5, 5.41) is 1.06. The minimum absolute atomic E-state index is 0.129. The summed E-state index contributed by atoms with van der Waals surface area (Å²) in [5.41, 5.74) is 12.8. The molecule has 1 aromatic heterocycles. The van der Waals surface area contributed by atoms with Gasteiger partial charge in [0.2, 0.25) is 6.41 Å². The number of carbonyl (C=O) groups excluding carboxylic acids is 1. The number of amides is 1. The van der Waals surface area contributed by atoms with E-state index >= 15 is 0 Å². The number of ether oxygens (including phenoxy) is 1. The predicted octanol–water partition coefficient (Wildman–Crippen LogP) is 4.70. The molecule has 2 aliphatic rings. The molecule has 2 aromatic carbocycles. The van der Waals surface area contributed by atoms with E-state index in [1.165, 1.54) is 16.7 Å². The number of nitrogens with zero attached hydrogens (tertiary/aromatic N) is 3. The van der Waals surface area contributed by atoms with Gasteiger partial charge in [0.1, 0.15) is 5.82 Å². The highest BCUT2D eigenvalue weighted by Gasteiger charge is 2.29. The number of hydrogen-bond donors (Lipinski definition) is 1. The lowest BCUT2D eigenvalue weighted by Crippen LogP contribution is -2.48. The number of hydrogen-bond acceptors (Lipinski definition) is 5. The Kier molecular flexibility index (Phi) is 5.49. The molecule has 2 N–H and O–H groups in total. The Hall–Kier alpha value is -3.12. The topological polar surface area (TPSA) is 71.7 Å². The van der Waals surface area contributed by atoms with Crippen molar-refractivity contribution in [1.29, 1.82) is 0 Å². The molecule has 5 rings (SSSR count). The number of aromatic nitrogens is 1. The Balaban J connectivity index is 1.59. The standard InChI is InChI=1S/C27H32N4O2/c1-18-6-4-7-21(23-8-5-11-31(23)17-32)25(18)19-9-10-22-20(14-19)15-24(26(28)29-22)30-12-13-33-27(2,3)16-30/h4,6-7,9-10,14-15,17,23H,5,8,11-13,16H2,1-3H3,(H2,28,29). The van der Waals surface area contributed by atoms with E-state index in [-0.39, 0.29) is 11.6 Å². The number of anilines is 2. The summed E-state index contributed by atoms with van der Waals surface area (Å²) in [6, 6.07) is 15.1. The highest BCUT2D eigenvalue weighted by Crippen LogP contribution is 2.40. The molecule has 0 radical (unpaired) electrons. The van der Waals surface area contributed by atoms with Gasteiger partial charge in [0.25, 0.3) is 0 Å². The number of nitrogens with two attached hydrogens (primary N) is 1. The fourth-order valence-electron chi connectivity index (χ4n) is 5.42. The number of aryl methyl sites for hydroxylation is 1. The third-order valence-electron chi connectivity index (χ3n) is 6.97. The molecule has 0 bridgehead atoms. The lowest BCUT2D eigenvalue weighted by Gasteiger charge is -2.39. The van der Waals surface area contributed by atoms with Crippen LogP contribution in [0.2, 0.25) is 0 Å². The Labute approximate surface area is 195 Å². The first kappa shape index (κ1) is 21.7. The van der Waals surface area contributed by atoms with Crippen molar-refractivity contribution < 1.29 is 9.53 Å². The average molecular weight is 445 g/mol. The molecule has 2 aliphatic heterocycles. The van der Waals surface area contributed by atoms with Crippen molar-refractivity contribution >= 4 is 28.8 Å². The monoisotopic (exact) mass is 444 g/mol. The fourth-order valence-corrected chi connectivity index (χ4v) is 5.42. The number of fused-ring (bicyclic) bond motifs is 1. The molecule has 1 atom stereocenters. The molecule has 3 heterocycles. The van der Waals surface area contributed by atoms with Gasteiger partial charge < -0.3 is 20.3 Å². The van der Waals surface area contributed by atoms with E-state index in [9.17, 15) is 4.79 Å². The zero-order valence-corrected chi connectivity index (χ0v) is 19.7. The Morgan fingerprint density at radius 2 is 2.03 bits per heavy atom. The molecule has 2 saturated heterocycles. The van der Waals surface area contributed by atoms with Gasteiger partial charge in [-0.3, -0.25) is 4.79 Å². The quantitative estimate of drug-likeness (QED) is 0.591. The van der Waals surface area contributed by atoms with Crippen LogP contribution in [0.1, 0.15) is 43.9 Å². The first-order valence-electron chi connectivity index (χ1n) is 11.8. The molecule has 33 heavy (non-hydrogen) atoms. The van der Waals surface area contributed by atoms with Crippen molar-refractivity contribution in [2.75, 3.05) is 36.9 Å². The number of benzene rings is 2. The maximum absolute atomic E-state index is 11.7. The lowest BCUT2D eigenvalue weighted by molar-refractivity contribution is -0.118. The molecule has 1 amide bonds. The van der Waals surface area contributed by atoms with Crippen molar-refractivity contribution in [3.05, 3.63) is 53.6 Å². The summed E-state index contributed by atoms with van der Waals surface area (Å²) in [4.78, 5) is 20.6. The number of likely N-dealkylation sites (tertiary alicyclic amines) is 1. The van der Waals surface area contributed by atoms with Gasteiger partial charge in [-0.25, -0.2) is 4.98 Å². The third-order valence-corrected chi connectivity index (χ3v) is 6.97. The zero-order chi connectivity index (χ0) is 23.2. The van der Waals surface area contributed by atoms with Crippen LogP contribution in [0, 0.1) is 6.92 Å². The number of rotatable bonds is 4. The van der Waals surface area contributed by atoms with Gasteiger partial charge in [0.15, 0.2) is 0 Å². The first-order chi connectivity index (χ1) is 15.9. The Morgan fingerprint density at radius 3 is 2.82 bits per heavy atom. The van der Waals surface area contributed by atoms with Crippen LogP contribution in [0.25, 0.3) is 22.0 Å². The molecular weight excluding hydrogens is 412 g/mol. The minimum Gasteiger partial charge on any atom is -0.382 e. The lowest BCUT2D eigenvalue weighted by atomic mass is 9.89. The van der Waals surface area contributed by atoms with Crippen LogP contribution < -0.4 is 10.6 Å². The predicted molar refractivity (Wildman–Crippen MR) is 133 cm³/mol. The van der Waals surface area contributed by atoms with Crippen molar-refractivity contribution in [2.45, 2.75) is 45.3 Å². The fraction of sp³-hybridized carbons (Fsp3) is 0.407. The molecule has 2 fully saturated rings. The molecule has 0 spiro atoms. The van der Waals surface area contributed by atoms with Gasteiger partial charge in [-0.15, -0.1) is 0 Å². The zero-order valence-electron chi connectivity index (χ0n) is 19.7. The largest absolute Gasteiger partial charge is 0.382 e. The molecule has 0 aliphatic carbocycles. The second-order valence-corrected chi connectivity index (χ2v) is 9.87. The molecule has 6 nitrogen and oxygen atoms in total. The summed E-state index contributed by atoms with van der Waals surface area (Å²) in [7, 11) is 0. The highest BCUT2D eigenvalue weighted by molar-refractivity contribution is 5.91. The Morgan fingerprint density at radius 1 is 1.18 bits per heavy atom. The molecule has 0 saturated carbocycles. The van der Waals surface area contributed by atoms with Gasteiger partial charge in [-0.1, -0.05) is 24.3 Å². The van der Waals surface area contributed by atoms with E-state index < -0.39 is 0 Å². The second-order valence-electron chi connectivity index (χ2n) is 9.87. The Bertz CT molecular complexity index is 1210. The maximum Gasteiger partial charge on any atom is 0.210 e. The van der Waals surface area contributed by atoms with E-state index in [4.69, 9.17) is 15.5 Å². The van der Waals surface area contributed by atoms with Crippen LogP contribution in [0.15, 0.2) is 42.5 Å². The minimum atomic E-state index is -0.219. The number of pyridine rings is 1. The van der Waals surface area contributed by atoms with E-state index in [1.807, 2.05) is 4.90 Å². The van der Waals surface area contributed by atoms with Gasteiger partial charge >= 0.3 is 0 Å².